The van der Waals surface area contributed by atoms with Crippen molar-refractivity contribution in [2.45, 2.75) is 20.0 Å². The molecule has 0 aromatic carbocycles. The van der Waals surface area contributed by atoms with E-state index in [1.54, 1.807) is 29.4 Å². The van der Waals surface area contributed by atoms with Gasteiger partial charge in [-0.3, -0.25) is 4.57 Å². The maximum atomic E-state index is 12.0. The molecule has 0 unspecified atom stereocenters. The Morgan fingerprint density at radius 3 is 3.05 bits per heavy atom. The second-order valence-electron chi connectivity index (χ2n) is 4.21. The summed E-state index contributed by atoms with van der Waals surface area (Å²) in [6, 6.07) is 1.68. The second-order valence-corrected chi connectivity index (χ2v) is 4.60. The number of aromatic nitrogens is 5. The molecule has 3 rings (SSSR count). The van der Waals surface area contributed by atoms with E-state index in [9.17, 15) is 4.79 Å². The fourth-order valence-corrected chi connectivity index (χ4v) is 2.27. The van der Waals surface area contributed by atoms with Gasteiger partial charge in [-0.05, 0) is 6.92 Å². The van der Waals surface area contributed by atoms with Crippen molar-refractivity contribution in [1.29, 1.82) is 0 Å². The molecule has 3 aromatic rings. The number of hydrogen-bond acceptors (Lipinski definition) is 3. The van der Waals surface area contributed by atoms with E-state index in [0.29, 0.717) is 17.2 Å². The van der Waals surface area contributed by atoms with Gasteiger partial charge in [-0.1, -0.05) is 11.6 Å². The Kier molecular flexibility index (Phi) is 2.87. The van der Waals surface area contributed by atoms with Crippen LogP contribution in [0.15, 0.2) is 29.6 Å². The van der Waals surface area contributed by atoms with E-state index >= 15 is 0 Å². The van der Waals surface area contributed by atoms with Crippen LogP contribution >= 0.6 is 11.6 Å². The lowest BCUT2D eigenvalue weighted by Crippen LogP contribution is -2.19. The highest BCUT2D eigenvalue weighted by Crippen LogP contribution is 2.15. The van der Waals surface area contributed by atoms with Crippen LogP contribution in [0.25, 0.3) is 11.0 Å². The summed E-state index contributed by atoms with van der Waals surface area (Å²) in [6.45, 7) is 3.30. The van der Waals surface area contributed by atoms with Crippen LogP contribution in [0.5, 0.6) is 0 Å². The van der Waals surface area contributed by atoms with Gasteiger partial charge in [0.05, 0.1) is 35.8 Å². The van der Waals surface area contributed by atoms with Crippen LogP contribution in [0.4, 0.5) is 0 Å². The molecular weight excluding hydrogens is 266 g/mol. The van der Waals surface area contributed by atoms with Gasteiger partial charge in [0.25, 0.3) is 0 Å². The monoisotopic (exact) mass is 277 g/mol. The topological polar surface area (TPSA) is 68.5 Å². The van der Waals surface area contributed by atoms with Crippen molar-refractivity contribution in [2.75, 3.05) is 0 Å². The number of fused-ring (bicyclic) bond motifs is 1. The molecule has 3 heterocycles. The van der Waals surface area contributed by atoms with Crippen LogP contribution in [-0.4, -0.2) is 24.1 Å². The molecule has 0 bridgehead atoms. The van der Waals surface area contributed by atoms with Gasteiger partial charge in [-0.25, -0.2) is 14.8 Å². The number of rotatable bonds is 3. The zero-order valence-electron chi connectivity index (χ0n) is 10.3. The molecule has 0 radical (unpaired) electrons. The number of nitrogens with one attached hydrogen (secondary N) is 1. The van der Waals surface area contributed by atoms with E-state index in [-0.39, 0.29) is 5.69 Å². The van der Waals surface area contributed by atoms with E-state index in [2.05, 4.69) is 15.0 Å². The highest BCUT2D eigenvalue weighted by Gasteiger charge is 2.10. The Bertz CT molecular complexity index is 785. The molecule has 0 spiro atoms. The number of aryl methyl sites for hydroxylation is 1. The lowest BCUT2D eigenvalue weighted by Gasteiger charge is -2.06. The van der Waals surface area contributed by atoms with E-state index in [1.807, 2.05) is 11.5 Å². The molecule has 0 amide bonds. The molecule has 6 nitrogen and oxygen atoms in total. The normalized spacial score (nSPS) is 11.3. The third kappa shape index (κ3) is 2.04. The Morgan fingerprint density at radius 2 is 2.26 bits per heavy atom. The van der Waals surface area contributed by atoms with Crippen molar-refractivity contribution >= 4 is 22.6 Å². The van der Waals surface area contributed by atoms with Gasteiger partial charge in [0, 0.05) is 18.8 Å². The number of H-pyrrole nitrogens is 1. The zero-order valence-corrected chi connectivity index (χ0v) is 11.1. The van der Waals surface area contributed by atoms with E-state index in [0.717, 1.165) is 17.8 Å². The first-order chi connectivity index (χ1) is 9.19. The molecule has 19 heavy (non-hydrogen) atoms. The average molecular weight is 278 g/mol. The minimum absolute atomic E-state index is 0.178. The third-order valence-electron chi connectivity index (χ3n) is 3.09. The van der Waals surface area contributed by atoms with Gasteiger partial charge in [0.15, 0.2) is 0 Å². The molecule has 0 aliphatic carbocycles. The van der Waals surface area contributed by atoms with Crippen LogP contribution in [0.1, 0.15) is 12.6 Å². The van der Waals surface area contributed by atoms with Crippen LogP contribution in [-0.2, 0) is 13.1 Å². The van der Waals surface area contributed by atoms with Crippen LogP contribution < -0.4 is 5.69 Å². The molecular formula is C12H12ClN5O. The molecule has 7 heteroatoms. The first-order valence-electron chi connectivity index (χ1n) is 5.92. The Morgan fingerprint density at radius 1 is 1.42 bits per heavy atom. The van der Waals surface area contributed by atoms with E-state index in [1.165, 1.54) is 0 Å². The standard InChI is InChI=1S/C12H12ClN5O/c1-2-17-7-14-4-8(17)6-18-10-3-11(13)15-5-9(10)16-12(18)19/h3-5,7H,2,6H2,1H3,(H,16,19). The Hall–Kier alpha value is -2.08. The SMILES string of the molecule is CCn1cncc1Cn1c(=O)[nH]c2cnc(Cl)cc21. The third-order valence-corrected chi connectivity index (χ3v) is 3.29. The first-order valence-corrected chi connectivity index (χ1v) is 6.30. The number of halogens is 1. The summed E-state index contributed by atoms with van der Waals surface area (Å²) in [7, 11) is 0. The molecule has 1 N–H and O–H groups in total. The Balaban J connectivity index is 2.12. The van der Waals surface area contributed by atoms with Crippen molar-refractivity contribution in [1.82, 2.24) is 24.1 Å². The number of hydrogen-bond donors (Lipinski definition) is 1. The molecule has 0 aliphatic heterocycles. The van der Waals surface area contributed by atoms with Crippen molar-refractivity contribution in [3.8, 4) is 0 Å². The van der Waals surface area contributed by atoms with Crippen LogP contribution in [0.2, 0.25) is 5.15 Å². The van der Waals surface area contributed by atoms with Crippen molar-refractivity contribution < 1.29 is 0 Å². The van der Waals surface area contributed by atoms with Crippen molar-refractivity contribution in [2.24, 2.45) is 0 Å². The molecule has 0 saturated heterocycles. The summed E-state index contributed by atoms with van der Waals surface area (Å²) in [5.41, 5.74) is 2.21. The Labute approximate surface area is 113 Å². The predicted octanol–water partition coefficient (Wildman–Crippen LogP) is 1.64. The largest absolute Gasteiger partial charge is 0.333 e. The summed E-state index contributed by atoms with van der Waals surface area (Å²) >= 11 is 5.88. The molecule has 3 aromatic heterocycles. The summed E-state index contributed by atoms with van der Waals surface area (Å²) in [5, 5.41) is 0.365. The quantitative estimate of drug-likeness (QED) is 0.740. The van der Waals surface area contributed by atoms with E-state index < -0.39 is 0 Å². The summed E-state index contributed by atoms with van der Waals surface area (Å²) < 4.78 is 3.63. The van der Waals surface area contributed by atoms with Gasteiger partial charge in [0.1, 0.15) is 5.15 Å². The van der Waals surface area contributed by atoms with Crippen LogP contribution in [0, 0.1) is 0 Å². The highest BCUT2D eigenvalue weighted by molar-refractivity contribution is 6.29. The first kappa shape index (κ1) is 12.0. The van der Waals surface area contributed by atoms with E-state index in [4.69, 9.17) is 11.6 Å². The lowest BCUT2D eigenvalue weighted by atomic mass is 10.4. The predicted molar refractivity (Wildman–Crippen MR) is 72.4 cm³/mol. The van der Waals surface area contributed by atoms with Gasteiger partial charge in [0.2, 0.25) is 0 Å². The van der Waals surface area contributed by atoms with Gasteiger partial charge >= 0.3 is 5.69 Å². The maximum absolute atomic E-state index is 12.0. The summed E-state index contributed by atoms with van der Waals surface area (Å²) in [4.78, 5) is 22.8. The number of pyridine rings is 1. The fourth-order valence-electron chi connectivity index (χ4n) is 2.12. The lowest BCUT2D eigenvalue weighted by molar-refractivity contribution is 0.667. The molecule has 0 atom stereocenters. The zero-order chi connectivity index (χ0) is 13.4. The second kappa shape index (κ2) is 4.55. The number of imidazole rings is 2. The summed E-state index contributed by atoms with van der Waals surface area (Å²) in [5.74, 6) is 0. The maximum Gasteiger partial charge on any atom is 0.326 e. The molecule has 0 saturated carbocycles. The number of nitrogens with zero attached hydrogens (tertiary/aromatic N) is 4. The highest BCUT2D eigenvalue weighted by atomic mass is 35.5. The van der Waals surface area contributed by atoms with Gasteiger partial charge in [-0.15, -0.1) is 0 Å². The minimum Gasteiger partial charge on any atom is -0.333 e. The van der Waals surface area contributed by atoms with Crippen LogP contribution in [0.3, 0.4) is 0 Å². The smallest absolute Gasteiger partial charge is 0.326 e. The average Bonchev–Trinajstić information content (AvgIpc) is 2.96. The van der Waals surface area contributed by atoms with Crippen molar-refractivity contribution in [3.05, 3.63) is 46.1 Å². The fraction of sp³-hybridized carbons (Fsp3) is 0.250. The minimum atomic E-state index is -0.178. The molecule has 98 valence electrons. The summed E-state index contributed by atoms with van der Waals surface area (Å²) in [6.07, 6.45) is 5.08. The number of aromatic amines is 1. The van der Waals surface area contributed by atoms with Gasteiger partial charge in [-0.2, -0.15) is 0 Å². The molecule has 0 aliphatic rings. The van der Waals surface area contributed by atoms with Crippen molar-refractivity contribution in [3.63, 3.8) is 0 Å². The molecule has 0 fully saturated rings. The van der Waals surface area contributed by atoms with Gasteiger partial charge < -0.3 is 9.55 Å².